The van der Waals surface area contributed by atoms with Crippen molar-refractivity contribution in [1.29, 1.82) is 0 Å². The van der Waals surface area contributed by atoms with Gasteiger partial charge in [-0.2, -0.15) is 0 Å². The third kappa shape index (κ3) is 4.65. The van der Waals surface area contributed by atoms with Gasteiger partial charge in [-0.25, -0.2) is 4.98 Å². The number of nitrogens with zero attached hydrogens (tertiary/aromatic N) is 3. The van der Waals surface area contributed by atoms with Crippen molar-refractivity contribution in [2.75, 3.05) is 16.8 Å². The van der Waals surface area contributed by atoms with Crippen LogP contribution in [0.5, 0.6) is 0 Å². The minimum Gasteiger partial charge on any atom is -0.369 e. The van der Waals surface area contributed by atoms with Gasteiger partial charge in [0.2, 0.25) is 5.91 Å². The summed E-state index contributed by atoms with van der Waals surface area (Å²) < 4.78 is 1.49. The quantitative estimate of drug-likeness (QED) is 0.661. The molecule has 0 bridgehead atoms. The van der Waals surface area contributed by atoms with Gasteiger partial charge >= 0.3 is 0 Å². The zero-order chi connectivity index (χ0) is 21.0. The topological polar surface area (TPSA) is 67.2 Å². The molecule has 0 radical (unpaired) electrons. The predicted molar refractivity (Wildman–Crippen MR) is 119 cm³/mol. The highest BCUT2D eigenvalue weighted by atomic mass is 16.1. The van der Waals surface area contributed by atoms with Gasteiger partial charge in [0, 0.05) is 36.9 Å². The molecule has 0 saturated carbocycles. The Balaban J connectivity index is 1.64. The van der Waals surface area contributed by atoms with Gasteiger partial charge in [-0.1, -0.05) is 12.1 Å². The van der Waals surface area contributed by atoms with Crippen LogP contribution in [0.4, 0.5) is 11.4 Å². The lowest BCUT2D eigenvalue weighted by molar-refractivity contribution is -0.116. The maximum Gasteiger partial charge on any atom is 0.261 e. The molecule has 0 spiro atoms. The summed E-state index contributed by atoms with van der Waals surface area (Å²) in [4.78, 5) is 31.6. The molecule has 29 heavy (non-hydrogen) atoms. The zero-order valence-corrected chi connectivity index (χ0v) is 17.5. The number of para-hydroxylation sites is 1. The van der Waals surface area contributed by atoms with Crippen LogP contribution in [0.25, 0.3) is 10.9 Å². The number of aromatic nitrogens is 2. The molecular formula is C23H28N4O2. The average molecular weight is 393 g/mol. The van der Waals surface area contributed by atoms with Gasteiger partial charge in [0.05, 0.1) is 17.2 Å². The highest BCUT2D eigenvalue weighted by Gasteiger charge is 2.10. The summed E-state index contributed by atoms with van der Waals surface area (Å²) in [6.07, 6.45) is 1.72. The van der Waals surface area contributed by atoms with E-state index in [1.165, 1.54) is 10.9 Å². The zero-order valence-electron chi connectivity index (χ0n) is 17.5. The van der Waals surface area contributed by atoms with E-state index in [9.17, 15) is 9.59 Å². The second-order valence-corrected chi connectivity index (χ2v) is 7.44. The van der Waals surface area contributed by atoms with E-state index in [0.717, 1.165) is 23.5 Å². The molecule has 0 aliphatic rings. The molecule has 0 aliphatic carbocycles. The van der Waals surface area contributed by atoms with Crippen molar-refractivity contribution in [3.05, 3.63) is 64.7 Å². The summed E-state index contributed by atoms with van der Waals surface area (Å²) in [5.41, 5.74) is 3.43. The summed E-state index contributed by atoms with van der Waals surface area (Å²) in [5, 5.41) is 3.48. The second-order valence-electron chi connectivity index (χ2n) is 7.44. The Morgan fingerprint density at radius 3 is 2.55 bits per heavy atom. The molecular weight excluding hydrogens is 364 g/mol. The number of hydrogen-bond acceptors (Lipinski definition) is 4. The third-order valence-corrected chi connectivity index (χ3v) is 5.08. The molecule has 1 amide bonds. The van der Waals surface area contributed by atoms with E-state index in [2.05, 4.69) is 36.0 Å². The third-order valence-electron chi connectivity index (χ3n) is 5.08. The first kappa shape index (κ1) is 20.6. The lowest BCUT2D eigenvalue weighted by atomic mass is 10.1. The van der Waals surface area contributed by atoms with E-state index in [1.54, 1.807) is 6.07 Å². The first-order valence-corrected chi connectivity index (χ1v) is 10.0. The maximum atomic E-state index is 12.6. The van der Waals surface area contributed by atoms with Gasteiger partial charge in [-0.3, -0.25) is 14.2 Å². The lowest BCUT2D eigenvalue weighted by Crippen LogP contribution is -2.30. The molecule has 3 rings (SSSR count). The van der Waals surface area contributed by atoms with Crippen LogP contribution in [-0.4, -0.2) is 28.0 Å². The normalized spacial score (nSPS) is 11.1. The van der Waals surface area contributed by atoms with Crippen molar-refractivity contribution in [2.45, 2.75) is 46.7 Å². The largest absolute Gasteiger partial charge is 0.369 e. The number of hydrogen-bond donors (Lipinski definition) is 1. The molecule has 3 aromatic rings. The van der Waals surface area contributed by atoms with Crippen LogP contribution < -0.4 is 15.8 Å². The van der Waals surface area contributed by atoms with E-state index < -0.39 is 0 Å². The van der Waals surface area contributed by atoms with Gasteiger partial charge in [0.1, 0.15) is 0 Å². The summed E-state index contributed by atoms with van der Waals surface area (Å²) in [5.74, 6) is -0.134. The number of fused-ring (bicyclic) bond motifs is 1. The molecule has 0 fully saturated rings. The minimum atomic E-state index is -0.134. The fourth-order valence-corrected chi connectivity index (χ4v) is 3.52. The van der Waals surface area contributed by atoms with Crippen molar-refractivity contribution in [3.63, 3.8) is 0 Å². The number of amides is 1. The van der Waals surface area contributed by atoms with Crippen molar-refractivity contribution < 1.29 is 4.79 Å². The number of aryl methyl sites for hydroxylation is 2. The Morgan fingerprint density at radius 1 is 1.17 bits per heavy atom. The number of carbonyl (C=O) groups excluding carboxylic acids is 1. The lowest BCUT2D eigenvalue weighted by Gasteiger charge is -2.27. The van der Waals surface area contributed by atoms with Crippen LogP contribution in [0.2, 0.25) is 0 Å². The fraction of sp³-hybridized carbons (Fsp3) is 0.348. The Kier molecular flexibility index (Phi) is 6.32. The number of benzene rings is 2. The maximum absolute atomic E-state index is 12.6. The molecule has 0 atom stereocenters. The highest BCUT2D eigenvalue weighted by Crippen LogP contribution is 2.20. The summed E-state index contributed by atoms with van der Waals surface area (Å²) in [6, 6.07) is 13.8. The molecule has 0 unspecified atom stereocenters. The van der Waals surface area contributed by atoms with Crippen LogP contribution >= 0.6 is 0 Å². The standard InChI is InChI=1S/C23H28N4O2/c1-5-27(16(2)3)19-11-9-18(10-12-19)25-21(28)13-14-26-15-24-22-17(4)7-6-8-20(22)23(26)29/h6-12,15-16H,5,13-14H2,1-4H3,(H,25,28). The van der Waals surface area contributed by atoms with E-state index >= 15 is 0 Å². The van der Waals surface area contributed by atoms with Crippen LogP contribution in [0.15, 0.2) is 53.6 Å². The Hall–Kier alpha value is -3.15. The molecule has 1 N–H and O–H groups in total. The highest BCUT2D eigenvalue weighted by molar-refractivity contribution is 5.90. The molecule has 2 aromatic carbocycles. The Labute approximate surface area is 171 Å². The van der Waals surface area contributed by atoms with Crippen LogP contribution in [0.1, 0.15) is 32.8 Å². The minimum absolute atomic E-state index is 0.121. The molecule has 1 heterocycles. The van der Waals surface area contributed by atoms with Gasteiger partial charge in [-0.05, 0) is 63.6 Å². The van der Waals surface area contributed by atoms with E-state index in [0.29, 0.717) is 16.9 Å². The van der Waals surface area contributed by atoms with Gasteiger partial charge in [-0.15, -0.1) is 0 Å². The van der Waals surface area contributed by atoms with E-state index in [1.807, 2.05) is 43.3 Å². The van der Waals surface area contributed by atoms with Gasteiger partial charge in [0.15, 0.2) is 0 Å². The molecule has 6 nitrogen and oxygen atoms in total. The number of anilines is 2. The molecule has 1 aromatic heterocycles. The van der Waals surface area contributed by atoms with E-state index in [-0.39, 0.29) is 24.4 Å². The number of carbonyl (C=O) groups is 1. The van der Waals surface area contributed by atoms with Crippen LogP contribution in [0.3, 0.4) is 0 Å². The first-order valence-electron chi connectivity index (χ1n) is 10.0. The number of nitrogens with one attached hydrogen (secondary N) is 1. The molecule has 0 aliphatic heterocycles. The van der Waals surface area contributed by atoms with Gasteiger partial charge in [0.25, 0.3) is 5.56 Å². The SMILES string of the molecule is CCN(c1ccc(NC(=O)CCn2cnc3c(C)cccc3c2=O)cc1)C(C)C. The monoisotopic (exact) mass is 392 g/mol. The average Bonchev–Trinajstić information content (AvgIpc) is 2.69. The van der Waals surface area contributed by atoms with Crippen LogP contribution in [-0.2, 0) is 11.3 Å². The Bertz CT molecular complexity index is 1050. The smallest absolute Gasteiger partial charge is 0.261 e. The van der Waals surface area contributed by atoms with Crippen molar-refractivity contribution >= 4 is 28.2 Å². The number of rotatable bonds is 7. The Morgan fingerprint density at radius 2 is 1.90 bits per heavy atom. The summed E-state index contributed by atoms with van der Waals surface area (Å²) in [6.45, 7) is 9.58. The summed E-state index contributed by atoms with van der Waals surface area (Å²) >= 11 is 0. The van der Waals surface area contributed by atoms with Crippen molar-refractivity contribution in [2.24, 2.45) is 0 Å². The van der Waals surface area contributed by atoms with Crippen molar-refractivity contribution in [1.82, 2.24) is 9.55 Å². The first-order chi connectivity index (χ1) is 13.9. The molecule has 0 saturated heterocycles. The van der Waals surface area contributed by atoms with Crippen LogP contribution in [0, 0.1) is 6.92 Å². The second kappa shape index (κ2) is 8.90. The van der Waals surface area contributed by atoms with E-state index in [4.69, 9.17) is 0 Å². The molecule has 152 valence electrons. The molecule has 6 heteroatoms. The summed E-state index contributed by atoms with van der Waals surface area (Å²) in [7, 11) is 0. The predicted octanol–water partition coefficient (Wildman–Crippen LogP) is 3.97. The van der Waals surface area contributed by atoms with Crippen molar-refractivity contribution in [3.8, 4) is 0 Å². The fourth-order valence-electron chi connectivity index (χ4n) is 3.52. The van der Waals surface area contributed by atoms with Gasteiger partial charge < -0.3 is 10.2 Å².